The maximum absolute atomic E-state index is 13.6. The van der Waals surface area contributed by atoms with E-state index in [1.807, 2.05) is 17.9 Å². The van der Waals surface area contributed by atoms with E-state index < -0.39 is 0 Å². The molecule has 0 radical (unpaired) electrons. The summed E-state index contributed by atoms with van der Waals surface area (Å²) in [6.07, 6.45) is 0.345. The molecule has 132 valence electrons. The summed E-state index contributed by atoms with van der Waals surface area (Å²) in [6.45, 7) is 3.89. The number of carbonyl (C=O) groups is 1. The van der Waals surface area contributed by atoms with E-state index in [4.69, 9.17) is 0 Å². The highest BCUT2D eigenvalue weighted by molar-refractivity contribution is 5.78. The second-order valence-corrected chi connectivity index (χ2v) is 6.52. The molecular formula is C20H22F2N2O. The van der Waals surface area contributed by atoms with Crippen LogP contribution in [0.25, 0.3) is 0 Å². The predicted molar refractivity (Wildman–Crippen MR) is 93.2 cm³/mol. The minimum Gasteiger partial charge on any atom is -0.333 e. The van der Waals surface area contributed by atoms with Gasteiger partial charge in [-0.1, -0.05) is 31.2 Å². The average molecular weight is 344 g/mol. The summed E-state index contributed by atoms with van der Waals surface area (Å²) in [5.41, 5.74) is 1.74. The van der Waals surface area contributed by atoms with Gasteiger partial charge in [-0.2, -0.15) is 0 Å². The average Bonchev–Trinajstić information content (AvgIpc) is 2.62. The van der Waals surface area contributed by atoms with Crippen molar-refractivity contribution in [3.8, 4) is 0 Å². The minimum atomic E-state index is -0.296. The summed E-state index contributed by atoms with van der Waals surface area (Å²) in [5, 5.41) is 3.27. The molecule has 2 atom stereocenters. The second kappa shape index (κ2) is 7.74. The third-order valence-corrected chi connectivity index (χ3v) is 4.72. The molecule has 1 aliphatic heterocycles. The van der Waals surface area contributed by atoms with E-state index in [2.05, 4.69) is 5.32 Å². The van der Waals surface area contributed by atoms with E-state index in [9.17, 15) is 13.6 Å². The number of hydrogen-bond donors (Lipinski definition) is 1. The summed E-state index contributed by atoms with van der Waals surface area (Å²) in [6, 6.07) is 12.5. The number of rotatable bonds is 4. The van der Waals surface area contributed by atoms with Crippen LogP contribution in [0.3, 0.4) is 0 Å². The van der Waals surface area contributed by atoms with E-state index in [0.717, 1.165) is 17.7 Å². The van der Waals surface area contributed by atoms with Gasteiger partial charge in [0.25, 0.3) is 0 Å². The van der Waals surface area contributed by atoms with Gasteiger partial charge in [-0.15, -0.1) is 0 Å². The van der Waals surface area contributed by atoms with Gasteiger partial charge in [0.15, 0.2) is 0 Å². The first-order valence-electron chi connectivity index (χ1n) is 8.55. The lowest BCUT2D eigenvalue weighted by molar-refractivity contribution is -0.134. The number of amides is 1. The van der Waals surface area contributed by atoms with Gasteiger partial charge in [0.2, 0.25) is 5.91 Å². The van der Waals surface area contributed by atoms with Gasteiger partial charge in [-0.3, -0.25) is 4.79 Å². The smallest absolute Gasteiger partial charge is 0.223 e. The van der Waals surface area contributed by atoms with Crippen LogP contribution in [-0.2, 0) is 4.79 Å². The largest absolute Gasteiger partial charge is 0.333 e. The number of halogens is 2. The van der Waals surface area contributed by atoms with Crippen molar-refractivity contribution in [2.75, 3.05) is 19.6 Å². The Kier molecular flexibility index (Phi) is 5.43. The maximum Gasteiger partial charge on any atom is 0.223 e. The van der Waals surface area contributed by atoms with Crippen molar-refractivity contribution in [3.05, 3.63) is 71.3 Å². The summed E-state index contributed by atoms with van der Waals surface area (Å²) < 4.78 is 26.6. The van der Waals surface area contributed by atoms with E-state index in [1.165, 1.54) is 24.3 Å². The molecule has 0 saturated carbocycles. The molecular weight excluding hydrogens is 322 g/mol. The highest BCUT2D eigenvalue weighted by atomic mass is 19.1. The van der Waals surface area contributed by atoms with Crippen molar-refractivity contribution in [2.24, 2.45) is 0 Å². The lowest BCUT2D eigenvalue weighted by Crippen LogP contribution is -2.48. The topological polar surface area (TPSA) is 32.3 Å². The van der Waals surface area contributed by atoms with Crippen molar-refractivity contribution in [3.63, 3.8) is 0 Å². The van der Waals surface area contributed by atoms with Crippen molar-refractivity contribution < 1.29 is 13.6 Å². The van der Waals surface area contributed by atoms with Gasteiger partial charge in [-0.25, -0.2) is 8.78 Å². The maximum atomic E-state index is 13.6. The second-order valence-electron chi connectivity index (χ2n) is 6.52. The molecule has 1 heterocycles. The minimum absolute atomic E-state index is 0.00357. The third-order valence-electron chi connectivity index (χ3n) is 4.72. The Morgan fingerprint density at radius 3 is 2.68 bits per heavy atom. The Bertz CT molecular complexity index is 733. The van der Waals surface area contributed by atoms with E-state index in [1.54, 1.807) is 18.2 Å². The number of nitrogens with one attached hydrogen (secondary N) is 1. The molecule has 25 heavy (non-hydrogen) atoms. The van der Waals surface area contributed by atoms with Crippen LogP contribution >= 0.6 is 0 Å². The standard InChI is InChI=1S/C20H22F2N2O/c1-14(15-5-7-17(21)8-6-15)11-20(25)24-10-9-23-13-19(24)16-3-2-4-18(22)12-16/h2-8,12,14,19,23H,9-11,13H2,1H3. The molecule has 0 bridgehead atoms. The molecule has 1 fully saturated rings. The summed E-state index contributed by atoms with van der Waals surface area (Å²) in [4.78, 5) is 14.7. The Hall–Kier alpha value is -2.27. The number of benzene rings is 2. The fourth-order valence-electron chi connectivity index (χ4n) is 3.30. The Morgan fingerprint density at radius 1 is 1.20 bits per heavy atom. The molecule has 1 aliphatic rings. The predicted octanol–water partition coefficient (Wildman–Crippen LogP) is 3.63. The summed E-state index contributed by atoms with van der Waals surface area (Å²) in [7, 11) is 0. The zero-order valence-electron chi connectivity index (χ0n) is 14.2. The fourth-order valence-corrected chi connectivity index (χ4v) is 3.30. The number of carbonyl (C=O) groups excluding carboxylic acids is 1. The van der Waals surface area contributed by atoms with Crippen LogP contribution in [0.15, 0.2) is 48.5 Å². The Morgan fingerprint density at radius 2 is 1.96 bits per heavy atom. The fraction of sp³-hybridized carbons (Fsp3) is 0.350. The molecule has 2 aromatic carbocycles. The Balaban J connectivity index is 1.73. The van der Waals surface area contributed by atoms with Crippen LogP contribution in [0.5, 0.6) is 0 Å². The zero-order valence-corrected chi connectivity index (χ0v) is 14.2. The molecule has 2 aromatic rings. The quantitative estimate of drug-likeness (QED) is 0.919. The number of hydrogen-bond acceptors (Lipinski definition) is 2. The summed E-state index contributed by atoms with van der Waals surface area (Å²) in [5.74, 6) is -0.547. The van der Waals surface area contributed by atoms with Crippen LogP contribution in [0.4, 0.5) is 8.78 Å². The lowest BCUT2D eigenvalue weighted by Gasteiger charge is -2.37. The van der Waals surface area contributed by atoms with E-state index >= 15 is 0 Å². The van der Waals surface area contributed by atoms with Crippen molar-refractivity contribution >= 4 is 5.91 Å². The van der Waals surface area contributed by atoms with Gasteiger partial charge in [0, 0.05) is 26.1 Å². The third kappa shape index (κ3) is 4.23. The molecule has 0 aromatic heterocycles. The van der Waals surface area contributed by atoms with Crippen LogP contribution in [0.2, 0.25) is 0 Å². The van der Waals surface area contributed by atoms with Crippen LogP contribution < -0.4 is 5.32 Å². The van der Waals surface area contributed by atoms with Crippen molar-refractivity contribution in [1.29, 1.82) is 0 Å². The first-order valence-corrected chi connectivity index (χ1v) is 8.55. The normalized spacial score (nSPS) is 18.8. The highest BCUT2D eigenvalue weighted by Crippen LogP contribution is 2.27. The summed E-state index contributed by atoms with van der Waals surface area (Å²) >= 11 is 0. The van der Waals surface area contributed by atoms with Gasteiger partial charge < -0.3 is 10.2 Å². The highest BCUT2D eigenvalue weighted by Gasteiger charge is 2.28. The van der Waals surface area contributed by atoms with E-state index in [-0.39, 0.29) is 29.5 Å². The SMILES string of the molecule is CC(CC(=O)N1CCNCC1c1cccc(F)c1)c1ccc(F)cc1. The van der Waals surface area contributed by atoms with Gasteiger partial charge >= 0.3 is 0 Å². The van der Waals surface area contributed by atoms with Crippen molar-refractivity contribution in [2.45, 2.75) is 25.3 Å². The molecule has 3 nitrogen and oxygen atoms in total. The van der Waals surface area contributed by atoms with Crippen LogP contribution in [-0.4, -0.2) is 30.4 Å². The molecule has 2 unspecified atom stereocenters. The lowest BCUT2D eigenvalue weighted by atomic mass is 9.95. The first-order chi connectivity index (χ1) is 12.0. The van der Waals surface area contributed by atoms with E-state index in [0.29, 0.717) is 19.5 Å². The number of piperazine rings is 1. The van der Waals surface area contributed by atoms with Gasteiger partial charge in [-0.05, 0) is 41.3 Å². The van der Waals surface area contributed by atoms with Crippen LogP contribution in [0, 0.1) is 11.6 Å². The molecule has 3 rings (SSSR count). The molecule has 0 spiro atoms. The molecule has 5 heteroatoms. The number of nitrogens with zero attached hydrogens (tertiary/aromatic N) is 1. The zero-order chi connectivity index (χ0) is 17.8. The van der Waals surface area contributed by atoms with Crippen molar-refractivity contribution in [1.82, 2.24) is 10.2 Å². The molecule has 1 amide bonds. The Labute approximate surface area is 146 Å². The van der Waals surface area contributed by atoms with Gasteiger partial charge in [0.05, 0.1) is 6.04 Å². The van der Waals surface area contributed by atoms with Gasteiger partial charge in [0.1, 0.15) is 11.6 Å². The molecule has 1 N–H and O–H groups in total. The molecule has 0 aliphatic carbocycles. The first kappa shape index (κ1) is 17.5. The van der Waals surface area contributed by atoms with Crippen LogP contribution in [0.1, 0.15) is 36.4 Å². The monoisotopic (exact) mass is 344 g/mol. The molecule has 1 saturated heterocycles.